The maximum atomic E-state index is 12.9. The first-order valence-electron chi connectivity index (χ1n) is 8.38. The third kappa shape index (κ3) is 5.90. The summed E-state index contributed by atoms with van der Waals surface area (Å²) in [4.78, 5) is 25.8. The lowest BCUT2D eigenvalue weighted by atomic mass is 10.1. The van der Waals surface area contributed by atoms with Crippen LogP contribution in [-0.2, 0) is 9.59 Å². The standard InChI is InChI=1S/C18H26N2O2S/c1-15(21)19-11-8-14-23-17(16-9-4-2-5-10-16)18(22)20-12-6-3-7-13-20/h2,4-5,9-10,17H,3,6-8,11-14H2,1H3,(H,19,21). The van der Waals surface area contributed by atoms with Crippen LogP contribution in [0.25, 0.3) is 0 Å². The van der Waals surface area contributed by atoms with Crippen LogP contribution in [0, 0.1) is 0 Å². The van der Waals surface area contributed by atoms with Gasteiger partial charge in [-0.3, -0.25) is 9.59 Å². The van der Waals surface area contributed by atoms with Gasteiger partial charge in [0.2, 0.25) is 11.8 Å². The van der Waals surface area contributed by atoms with E-state index < -0.39 is 0 Å². The second-order valence-corrected chi connectivity index (χ2v) is 7.10. The van der Waals surface area contributed by atoms with Gasteiger partial charge in [0, 0.05) is 26.6 Å². The van der Waals surface area contributed by atoms with Gasteiger partial charge in [-0.1, -0.05) is 30.3 Å². The number of hydrogen-bond acceptors (Lipinski definition) is 3. The highest BCUT2D eigenvalue weighted by Gasteiger charge is 2.27. The molecule has 0 radical (unpaired) electrons. The number of amides is 2. The van der Waals surface area contributed by atoms with Crippen molar-refractivity contribution in [3.63, 3.8) is 0 Å². The van der Waals surface area contributed by atoms with Crippen molar-refractivity contribution in [1.82, 2.24) is 10.2 Å². The molecule has 2 rings (SSSR count). The molecular weight excluding hydrogens is 308 g/mol. The van der Waals surface area contributed by atoms with Crippen molar-refractivity contribution in [1.29, 1.82) is 0 Å². The van der Waals surface area contributed by atoms with Crippen LogP contribution < -0.4 is 5.32 Å². The summed E-state index contributed by atoms with van der Waals surface area (Å²) in [6.07, 6.45) is 4.32. The van der Waals surface area contributed by atoms with E-state index in [1.807, 2.05) is 35.2 Å². The predicted molar refractivity (Wildman–Crippen MR) is 95.4 cm³/mol. The highest BCUT2D eigenvalue weighted by molar-refractivity contribution is 8.00. The molecule has 1 aromatic rings. The van der Waals surface area contributed by atoms with Crippen molar-refractivity contribution in [2.75, 3.05) is 25.4 Å². The van der Waals surface area contributed by atoms with E-state index >= 15 is 0 Å². The molecule has 2 amide bonds. The molecule has 5 heteroatoms. The molecule has 1 aliphatic heterocycles. The Balaban J connectivity index is 1.94. The van der Waals surface area contributed by atoms with Gasteiger partial charge in [0.1, 0.15) is 5.25 Å². The molecule has 1 aromatic carbocycles. The SMILES string of the molecule is CC(=O)NCCCSC(C(=O)N1CCCCC1)c1ccccc1. The summed E-state index contributed by atoms with van der Waals surface area (Å²) in [6.45, 7) is 3.96. The molecule has 1 N–H and O–H groups in total. The lowest BCUT2D eigenvalue weighted by Crippen LogP contribution is -2.38. The summed E-state index contributed by atoms with van der Waals surface area (Å²) in [7, 11) is 0. The molecule has 1 atom stereocenters. The smallest absolute Gasteiger partial charge is 0.240 e. The van der Waals surface area contributed by atoms with E-state index in [9.17, 15) is 9.59 Å². The number of piperidine rings is 1. The van der Waals surface area contributed by atoms with Crippen LogP contribution in [0.4, 0.5) is 0 Å². The monoisotopic (exact) mass is 334 g/mol. The van der Waals surface area contributed by atoms with Gasteiger partial charge in [-0.2, -0.15) is 0 Å². The van der Waals surface area contributed by atoms with E-state index in [4.69, 9.17) is 0 Å². The van der Waals surface area contributed by atoms with Gasteiger partial charge in [0.25, 0.3) is 0 Å². The average molecular weight is 334 g/mol. The number of carbonyl (C=O) groups excluding carboxylic acids is 2. The number of thioether (sulfide) groups is 1. The third-order valence-corrected chi connectivity index (χ3v) is 5.31. The second kappa shape index (κ2) is 9.60. The minimum absolute atomic E-state index is 0.000924. The lowest BCUT2D eigenvalue weighted by molar-refractivity contribution is -0.131. The molecule has 1 aliphatic rings. The van der Waals surface area contributed by atoms with Crippen LogP contribution in [0.2, 0.25) is 0 Å². The Morgan fingerprint density at radius 2 is 1.87 bits per heavy atom. The van der Waals surface area contributed by atoms with Crippen LogP contribution in [0.15, 0.2) is 30.3 Å². The first-order valence-corrected chi connectivity index (χ1v) is 9.43. The molecule has 23 heavy (non-hydrogen) atoms. The minimum Gasteiger partial charge on any atom is -0.356 e. The van der Waals surface area contributed by atoms with Crippen molar-refractivity contribution in [2.45, 2.75) is 37.9 Å². The summed E-state index contributed by atoms with van der Waals surface area (Å²) in [5.74, 6) is 1.10. The Morgan fingerprint density at radius 1 is 1.17 bits per heavy atom. The Bertz CT molecular complexity index is 501. The molecule has 0 aliphatic carbocycles. The maximum Gasteiger partial charge on any atom is 0.240 e. The van der Waals surface area contributed by atoms with Crippen LogP contribution >= 0.6 is 11.8 Å². The van der Waals surface area contributed by atoms with Crippen LogP contribution in [0.3, 0.4) is 0 Å². The van der Waals surface area contributed by atoms with Gasteiger partial charge in [-0.25, -0.2) is 0 Å². The summed E-state index contributed by atoms with van der Waals surface area (Å²) >= 11 is 1.69. The quantitative estimate of drug-likeness (QED) is 0.780. The number of benzene rings is 1. The van der Waals surface area contributed by atoms with Crippen molar-refractivity contribution in [3.05, 3.63) is 35.9 Å². The van der Waals surface area contributed by atoms with Crippen LogP contribution in [-0.4, -0.2) is 42.1 Å². The van der Waals surface area contributed by atoms with Gasteiger partial charge in [-0.05, 0) is 37.0 Å². The fourth-order valence-corrected chi connectivity index (χ4v) is 3.94. The normalized spacial score (nSPS) is 16.0. The van der Waals surface area contributed by atoms with E-state index in [-0.39, 0.29) is 17.1 Å². The minimum atomic E-state index is -0.133. The van der Waals surface area contributed by atoms with Gasteiger partial charge in [0.05, 0.1) is 0 Å². The molecular formula is C18H26N2O2S. The molecule has 0 aromatic heterocycles. The molecule has 0 spiro atoms. The fraction of sp³-hybridized carbons (Fsp3) is 0.556. The molecule has 1 saturated heterocycles. The van der Waals surface area contributed by atoms with Gasteiger partial charge in [-0.15, -0.1) is 11.8 Å². The molecule has 1 unspecified atom stereocenters. The first kappa shape index (κ1) is 17.9. The van der Waals surface area contributed by atoms with E-state index in [1.165, 1.54) is 13.3 Å². The largest absolute Gasteiger partial charge is 0.356 e. The van der Waals surface area contributed by atoms with E-state index in [0.29, 0.717) is 6.54 Å². The van der Waals surface area contributed by atoms with E-state index in [0.717, 1.165) is 43.7 Å². The number of nitrogens with one attached hydrogen (secondary N) is 1. The van der Waals surface area contributed by atoms with Crippen molar-refractivity contribution in [2.24, 2.45) is 0 Å². The molecule has 1 fully saturated rings. The molecule has 0 bridgehead atoms. The number of carbonyl (C=O) groups is 2. The fourth-order valence-electron chi connectivity index (χ4n) is 2.76. The Hall–Kier alpha value is -1.49. The van der Waals surface area contributed by atoms with Crippen molar-refractivity contribution in [3.8, 4) is 0 Å². The maximum absolute atomic E-state index is 12.9. The van der Waals surface area contributed by atoms with Crippen molar-refractivity contribution < 1.29 is 9.59 Å². The van der Waals surface area contributed by atoms with Gasteiger partial charge < -0.3 is 10.2 Å². The number of hydrogen-bond donors (Lipinski definition) is 1. The number of likely N-dealkylation sites (tertiary alicyclic amines) is 1. The molecule has 0 saturated carbocycles. The third-order valence-electron chi connectivity index (χ3n) is 3.97. The first-order chi connectivity index (χ1) is 11.2. The van der Waals surface area contributed by atoms with Crippen LogP contribution in [0.5, 0.6) is 0 Å². The Kier molecular flexibility index (Phi) is 7.46. The zero-order chi connectivity index (χ0) is 16.5. The number of nitrogens with zero attached hydrogens (tertiary/aromatic N) is 1. The summed E-state index contributed by atoms with van der Waals surface area (Å²) in [6, 6.07) is 10.0. The van der Waals surface area contributed by atoms with E-state index in [2.05, 4.69) is 5.32 Å². The lowest BCUT2D eigenvalue weighted by Gasteiger charge is -2.30. The average Bonchev–Trinajstić information content (AvgIpc) is 2.59. The van der Waals surface area contributed by atoms with Crippen molar-refractivity contribution >= 4 is 23.6 Å². The Morgan fingerprint density at radius 3 is 2.52 bits per heavy atom. The molecule has 4 nitrogen and oxygen atoms in total. The van der Waals surface area contributed by atoms with Gasteiger partial charge in [0.15, 0.2) is 0 Å². The highest BCUT2D eigenvalue weighted by Crippen LogP contribution is 2.32. The topological polar surface area (TPSA) is 49.4 Å². The molecule has 126 valence electrons. The second-order valence-electron chi connectivity index (χ2n) is 5.88. The van der Waals surface area contributed by atoms with Gasteiger partial charge >= 0.3 is 0 Å². The summed E-state index contributed by atoms with van der Waals surface area (Å²) in [5, 5.41) is 2.67. The summed E-state index contributed by atoms with van der Waals surface area (Å²) in [5.41, 5.74) is 1.08. The highest BCUT2D eigenvalue weighted by atomic mass is 32.2. The Labute approximate surface area is 143 Å². The van der Waals surface area contributed by atoms with E-state index in [1.54, 1.807) is 11.8 Å². The number of rotatable bonds is 7. The van der Waals surface area contributed by atoms with Crippen LogP contribution in [0.1, 0.15) is 43.4 Å². The summed E-state index contributed by atoms with van der Waals surface area (Å²) < 4.78 is 0. The predicted octanol–water partition coefficient (Wildman–Crippen LogP) is 3.00. The zero-order valence-corrected chi connectivity index (χ0v) is 14.6. The molecule has 1 heterocycles. The zero-order valence-electron chi connectivity index (χ0n) is 13.8.